The van der Waals surface area contributed by atoms with Gasteiger partial charge < -0.3 is 9.64 Å². The fourth-order valence-corrected chi connectivity index (χ4v) is 2.27. The van der Waals surface area contributed by atoms with Crippen molar-refractivity contribution in [2.45, 2.75) is 11.8 Å². The van der Waals surface area contributed by atoms with Gasteiger partial charge >= 0.3 is 0 Å². The molecule has 5 heteroatoms. The Morgan fingerprint density at radius 3 is 3.33 bits per heavy atom. The van der Waals surface area contributed by atoms with Gasteiger partial charge in [-0.15, -0.1) is 17.0 Å². The molecule has 0 aliphatic carbocycles. The first-order valence-corrected chi connectivity index (χ1v) is 4.55. The third-order valence-electron chi connectivity index (χ3n) is 1.83. The average Bonchev–Trinajstić information content (AvgIpc) is 2.07. The topological polar surface area (TPSA) is 53.3 Å². The number of β-lactam (4-membered cyclic amide) rings is 1. The Hall–Kier alpha value is -1.15. The van der Waals surface area contributed by atoms with E-state index in [9.17, 15) is 4.79 Å². The lowest BCUT2D eigenvalue weighted by atomic mass is 10.2. The summed E-state index contributed by atoms with van der Waals surface area (Å²) in [4.78, 5) is 12.6. The minimum atomic E-state index is 0.103. The molecule has 2 rings (SSSR count). The van der Waals surface area contributed by atoms with E-state index in [-0.39, 0.29) is 11.3 Å². The summed E-state index contributed by atoms with van der Waals surface area (Å²) in [6.45, 7) is 0. The number of amides is 1. The standard InChI is InChI=1S/C7H6N2O2S/c8-4-11-5-2-9-6(10)1-7(9)12-3-5/h2,7H,1,3H2/t7-/m1/s1. The van der Waals surface area contributed by atoms with Crippen LogP contribution in [0.5, 0.6) is 0 Å². The van der Waals surface area contributed by atoms with Gasteiger partial charge in [-0.1, -0.05) is 0 Å². The third kappa shape index (κ3) is 1.04. The van der Waals surface area contributed by atoms with E-state index in [1.54, 1.807) is 29.1 Å². The Kier molecular flexibility index (Phi) is 1.70. The number of nitrogens with zero attached hydrogens (tertiary/aromatic N) is 2. The summed E-state index contributed by atoms with van der Waals surface area (Å²) >= 11 is 1.63. The quantitative estimate of drug-likeness (QED) is 0.441. The van der Waals surface area contributed by atoms with Crippen LogP contribution < -0.4 is 0 Å². The van der Waals surface area contributed by atoms with Crippen LogP contribution in [0.3, 0.4) is 0 Å². The molecular formula is C7H6N2O2S. The number of carbonyl (C=O) groups excluding carboxylic acids is 1. The van der Waals surface area contributed by atoms with E-state index in [0.717, 1.165) is 0 Å². The molecule has 0 spiro atoms. The van der Waals surface area contributed by atoms with Crippen molar-refractivity contribution in [3.8, 4) is 6.26 Å². The number of carbonyl (C=O) groups is 1. The fourth-order valence-electron chi connectivity index (χ4n) is 1.18. The van der Waals surface area contributed by atoms with E-state index in [1.165, 1.54) is 0 Å². The second-order valence-electron chi connectivity index (χ2n) is 2.56. The molecule has 1 amide bonds. The maximum absolute atomic E-state index is 10.9. The second-order valence-corrected chi connectivity index (χ2v) is 3.73. The largest absolute Gasteiger partial charge is 0.390 e. The van der Waals surface area contributed by atoms with E-state index in [0.29, 0.717) is 17.9 Å². The number of fused-ring (bicyclic) bond motifs is 1. The molecule has 2 aliphatic heterocycles. The Morgan fingerprint density at radius 1 is 1.83 bits per heavy atom. The van der Waals surface area contributed by atoms with Gasteiger partial charge in [-0.3, -0.25) is 4.79 Å². The molecule has 1 fully saturated rings. The third-order valence-corrected chi connectivity index (χ3v) is 3.06. The summed E-state index contributed by atoms with van der Waals surface area (Å²) in [5.74, 6) is 1.35. The number of nitriles is 1. The minimum absolute atomic E-state index is 0.103. The molecule has 12 heavy (non-hydrogen) atoms. The zero-order chi connectivity index (χ0) is 8.55. The number of hydrogen-bond acceptors (Lipinski definition) is 4. The summed E-state index contributed by atoms with van der Waals surface area (Å²) in [6, 6.07) is 0. The summed E-state index contributed by atoms with van der Waals surface area (Å²) in [5, 5.41) is 8.51. The molecule has 0 aromatic carbocycles. The van der Waals surface area contributed by atoms with Gasteiger partial charge in [-0.2, -0.15) is 0 Å². The van der Waals surface area contributed by atoms with Crippen LogP contribution in [0.4, 0.5) is 0 Å². The highest BCUT2D eigenvalue weighted by Gasteiger charge is 2.38. The lowest BCUT2D eigenvalue weighted by Gasteiger charge is -2.40. The maximum atomic E-state index is 10.9. The van der Waals surface area contributed by atoms with Gasteiger partial charge in [-0.05, 0) is 0 Å². The zero-order valence-electron chi connectivity index (χ0n) is 6.19. The number of rotatable bonds is 1. The molecule has 0 N–H and O–H groups in total. The monoisotopic (exact) mass is 182 g/mol. The van der Waals surface area contributed by atoms with Crippen LogP contribution >= 0.6 is 11.8 Å². The Morgan fingerprint density at radius 2 is 2.67 bits per heavy atom. The molecular weight excluding hydrogens is 176 g/mol. The van der Waals surface area contributed by atoms with Crippen LogP contribution in [0.15, 0.2) is 12.0 Å². The van der Waals surface area contributed by atoms with Gasteiger partial charge in [-0.25, -0.2) is 0 Å². The Balaban J connectivity index is 2.10. The first-order valence-electron chi connectivity index (χ1n) is 3.50. The lowest BCUT2D eigenvalue weighted by Crippen LogP contribution is -2.49. The van der Waals surface area contributed by atoms with E-state index in [1.807, 2.05) is 0 Å². The van der Waals surface area contributed by atoms with E-state index in [2.05, 4.69) is 4.74 Å². The first kappa shape index (κ1) is 7.50. The maximum Gasteiger partial charge on any atom is 0.292 e. The van der Waals surface area contributed by atoms with Gasteiger partial charge in [0.05, 0.1) is 17.5 Å². The Labute approximate surface area is 73.8 Å². The van der Waals surface area contributed by atoms with E-state index < -0.39 is 0 Å². The normalized spacial score (nSPS) is 26.6. The van der Waals surface area contributed by atoms with Gasteiger partial charge in [0, 0.05) is 6.20 Å². The van der Waals surface area contributed by atoms with Crippen LogP contribution in [0.25, 0.3) is 0 Å². The molecule has 2 aliphatic rings. The molecule has 0 aromatic rings. The predicted octanol–water partition coefficient (Wildman–Crippen LogP) is 0.631. The number of hydrogen-bond donors (Lipinski definition) is 0. The van der Waals surface area contributed by atoms with Crippen molar-refractivity contribution in [3.05, 3.63) is 12.0 Å². The second kappa shape index (κ2) is 2.72. The van der Waals surface area contributed by atoms with Crippen LogP contribution in [-0.2, 0) is 9.53 Å². The molecule has 0 bridgehead atoms. The first-order chi connectivity index (χ1) is 5.81. The van der Waals surface area contributed by atoms with Crippen molar-refractivity contribution < 1.29 is 9.53 Å². The molecule has 1 saturated heterocycles. The van der Waals surface area contributed by atoms with Crippen LogP contribution in [0.2, 0.25) is 0 Å². The highest BCUT2D eigenvalue weighted by molar-refractivity contribution is 8.00. The molecule has 2 heterocycles. The molecule has 0 radical (unpaired) electrons. The number of ether oxygens (including phenoxy) is 1. The summed E-state index contributed by atoms with van der Waals surface area (Å²) < 4.78 is 4.64. The van der Waals surface area contributed by atoms with Crippen LogP contribution in [0.1, 0.15) is 6.42 Å². The summed E-state index contributed by atoms with van der Waals surface area (Å²) in [6.07, 6.45) is 3.83. The molecule has 4 nitrogen and oxygen atoms in total. The van der Waals surface area contributed by atoms with Crippen molar-refractivity contribution in [1.29, 1.82) is 5.26 Å². The summed E-state index contributed by atoms with van der Waals surface area (Å²) in [7, 11) is 0. The average molecular weight is 182 g/mol. The van der Waals surface area contributed by atoms with Crippen molar-refractivity contribution in [3.63, 3.8) is 0 Å². The molecule has 62 valence electrons. The van der Waals surface area contributed by atoms with Crippen LogP contribution in [0, 0.1) is 11.5 Å². The van der Waals surface area contributed by atoms with Gasteiger partial charge in [0.25, 0.3) is 6.26 Å². The van der Waals surface area contributed by atoms with Gasteiger partial charge in [0.2, 0.25) is 5.91 Å². The minimum Gasteiger partial charge on any atom is -0.390 e. The molecule has 0 saturated carbocycles. The Bertz CT molecular complexity index is 294. The van der Waals surface area contributed by atoms with Gasteiger partial charge in [0.15, 0.2) is 0 Å². The van der Waals surface area contributed by atoms with Crippen molar-refractivity contribution in [2.24, 2.45) is 0 Å². The van der Waals surface area contributed by atoms with E-state index >= 15 is 0 Å². The molecule has 1 atom stereocenters. The predicted molar refractivity (Wildman–Crippen MR) is 42.5 cm³/mol. The molecule has 0 unspecified atom stereocenters. The lowest BCUT2D eigenvalue weighted by molar-refractivity contribution is -0.137. The van der Waals surface area contributed by atoms with Crippen molar-refractivity contribution >= 4 is 17.7 Å². The SMILES string of the molecule is N#COC1=CN2C(=O)C[C@H]2SC1. The fraction of sp³-hybridized carbons (Fsp3) is 0.429. The van der Waals surface area contributed by atoms with Crippen LogP contribution in [-0.4, -0.2) is 21.9 Å². The van der Waals surface area contributed by atoms with Gasteiger partial charge in [0.1, 0.15) is 5.76 Å². The van der Waals surface area contributed by atoms with E-state index in [4.69, 9.17) is 5.26 Å². The zero-order valence-corrected chi connectivity index (χ0v) is 7.00. The van der Waals surface area contributed by atoms with Crippen molar-refractivity contribution in [2.75, 3.05) is 5.75 Å². The highest BCUT2D eigenvalue weighted by Crippen LogP contribution is 2.35. The molecule has 0 aromatic heterocycles. The number of thioether (sulfide) groups is 1. The highest BCUT2D eigenvalue weighted by atomic mass is 32.2. The smallest absolute Gasteiger partial charge is 0.292 e. The summed E-state index contributed by atoms with van der Waals surface area (Å²) in [5.41, 5.74) is 0. The van der Waals surface area contributed by atoms with Crippen molar-refractivity contribution in [1.82, 2.24) is 4.90 Å².